The van der Waals surface area contributed by atoms with Crippen molar-refractivity contribution in [2.24, 2.45) is 0 Å². The molecule has 0 N–H and O–H groups in total. The maximum Gasteiger partial charge on any atom is 0.147 e. The number of rotatable bonds is 11. The van der Waals surface area contributed by atoms with Gasteiger partial charge in [-0.15, -0.1) is 11.3 Å². The Bertz CT molecular complexity index is 2380. The van der Waals surface area contributed by atoms with E-state index in [4.69, 9.17) is 0 Å². The molecule has 0 spiro atoms. The first-order chi connectivity index (χ1) is 26.3. The van der Waals surface area contributed by atoms with Crippen LogP contribution < -0.4 is 9.80 Å². The van der Waals surface area contributed by atoms with E-state index >= 15 is 0 Å². The molecule has 1 aliphatic carbocycles. The number of benzene rings is 5. The Morgan fingerprint density at radius 2 is 1.26 bits per heavy atom. The van der Waals surface area contributed by atoms with Crippen molar-refractivity contribution in [3.05, 3.63) is 217 Å². The van der Waals surface area contributed by atoms with Crippen LogP contribution in [-0.2, 0) is 0 Å². The van der Waals surface area contributed by atoms with Crippen LogP contribution in [-0.4, -0.2) is 6.17 Å². The third kappa shape index (κ3) is 7.59. The fourth-order valence-electron chi connectivity index (χ4n) is 6.51. The van der Waals surface area contributed by atoms with Gasteiger partial charge in [0.1, 0.15) is 12.0 Å². The number of thiophene rings is 1. The van der Waals surface area contributed by atoms with Crippen molar-refractivity contribution in [3.8, 4) is 21.6 Å². The molecule has 0 amide bonds. The summed E-state index contributed by atoms with van der Waals surface area (Å²) in [5.74, 6) is -0.632. The average Bonchev–Trinajstić information content (AvgIpc) is 3.66. The van der Waals surface area contributed by atoms with Crippen molar-refractivity contribution >= 4 is 45.3 Å². The van der Waals surface area contributed by atoms with Crippen LogP contribution in [0.4, 0.5) is 37.2 Å². The van der Waals surface area contributed by atoms with Gasteiger partial charge in [0.25, 0.3) is 0 Å². The van der Waals surface area contributed by atoms with E-state index in [-0.39, 0.29) is 5.57 Å². The first-order valence-electron chi connectivity index (χ1n) is 17.8. The van der Waals surface area contributed by atoms with Gasteiger partial charge in [0, 0.05) is 55.0 Å². The molecule has 2 nitrogen and oxygen atoms in total. The van der Waals surface area contributed by atoms with E-state index in [1.807, 2.05) is 73.7 Å². The predicted molar refractivity (Wildman–Crippen MR) is 227 cm³/mol. The third-order valence-corrected chi connectivity index (χ3v) is 10.6. The molecular weight excluding hydrogens is 687 g/mol. The molecule has 0 aliphatic heterocycles. The third-order valence-electron chi connectivity index (χ3n) is 9.34. The van der Waals surface area contributed by atoms with Gasteiger partial charge < -0.3 is 9.80 Å². The van der Waals surface area contributed by atoms with Gasteiger partial charge in [-0.25, -0.2) is 8.78 Å². The van der Waals surface area contributed by atoms with Gasteiger partial charge >= 0.3 is 0 Å². The molecule has 5 heteroatoms. The standard InChI is InChI=1S/C49H40F2N2S/c1-5-7-14-39(6-2)52(40-15-10-8-11-16-40)43-27-21-36(22-28-43)45-33-48(38-31-46(50)35(4)47(51)32-38)54-49(45)37-23-29-44(30-24-37)53(41-17-12-9-13-18-41)42-25-19-34(3)20-26-42/h5-33,46H,2,4H2,1,3H3. The van der Waals surface area contributed by atoms with Crippen LogP contribution in [0.1, 0.15) is 17.4 Å². The monoisotopic (exact) mass is 726 g/mol. The second-order valence-corrected chi connectivity index (χ2v) is 14.0. The van der Waals surface area contributed by atoms with Crippen LogP contribution >= 0.6 is 11.3 Å². The quantitative estimate of drug-likeness (QED) is 0.123. The smallest absolute Gasteiger partial charge is 0.147 e. The molecule has 0 bridgehead atoms. The lowest BCUT2D eigenvalue weighted by molar-refractivity contribution is 0.437. The highest BCUT2D eigenvalue weighted by atomic mass is 32.1. The number of anilines is 5. The van der Waals surface area contributed by atoms with Crippen LogP contribution in [0.5, 0.6) is 0 Å². The Hall–Kier alpha value is -6.30. The van der Waals surface area contributed by atoms with E-state index in [0.29, 0.717) is 5.57 Å². The first kappa shape index (κ1) is 36.1. The Morgan fingerprint density at radius 3 is 1.85 bits per heavy atom. The van der Waals surface area contributed by atoms with Crippen LogP contribution in [0, 0.1) is 6.92 Å². The summed E-state index contributed by atoms with van der Waals surface area (Å²) < 4.78 is 29.7. The number of halogens is 2. The van der Waals surface area contributed by atoms with Gasteiger partial charge in [0.05, 0.1) is 0 Å². The van der Waals surface area contributed by atoms with E-state index in [1.165, 1.54) is 29.1 Å². The number of hydrogen-bond acceptors (Lipinski definition) is 3. The van der Waals surface area contributed by atoms with Gasteiger partial charge in [-0.2, -0.15) is 0 Å². The number of para-hydroxylation sites is 2. The molecule has 0 saturated carbocycles. The first-order valence-corrected chi connectivity index (χ1v) is 18.7. The van der Waals surface area contributed by atoms with E-state index in [9.17, 15) is 8.78 Å². The molecule has 0 radical (unpaired) electrons. The Balaban J connectivity index is 1.32. The van der Waals surface area contributed by atoms with Crippen LogP contribution in [0.15, 0.2) is 206 Å². The van der Waals surface area contributed by atoms with Crippen molar-refractivity contribution in [1.82, 2.24) is 0 Å². The minimum absolute atomic E-state index is 0.149. The van der Waals surface area contributed by atoms with E-state index < -0.39 is 12.0 Å². The fraction of sp³-hybridized carbons (Fsp3) is 0.0612. The van der Waals surface area contributed by atoms with E-state index in [1.54, 1.807) is 0 Å². The maximum atomic E-state index is 14.9. The molecule has 1 aromatic heterocycles. The van der Waals surface area contributed by atoms with Crippen molar-refractivity contribution in [2.45, 2.75) is 20.0 Å². The summed E-state index contributed by atoms with van der Waals surface area (Å²) in [4.78, 5) is 6.17. The summed E-state index contributed by atoms with van der Waals surface area (Å²) in [6.45, 7) is 11.8. The van der Waals surface area contributed by atoms with Crippen LogP contribution in [0.25, 0.3) is 27.1 Å². The highest BCUT2D eigenvalue weighted by Crippen LogP contribution is 2.45. The zero-order valence-corrected chi connectivity index (χ0v) is 31.1. The second-order valence-electron chi connectivity index (χ2n) is 13.0. The Kier molecular flexibility index (Phi) is 10.8. The molecule has 1 heterocycles. The Labute approximate surface area is 321 Å². The number of alkyl halides is 1. The molecule has 0 saturated heterocycles. The molecule has 54 heavy (non-hydrogen) atoms. The summed E-state index contributed by atoms with van der Waals surface area (Å²) in [5.41, 5.74) is 10.6. The molecule has 1 unspecified atom stereocenters. The Morgan fingerprint density at radius 1 is 0.722 bits per heavy atom. The normalized spacial score (nSPS) is 14.5. The molecule has 1 atom stereocenters. The van der Waals surface area contributed by atoms with Crippen LogP contribution in [0.2, 0.25) is 0 Å². The number of nitrogens with zero attached hydrogens (tertiary/aromatic N) is 2. The minimum Gasteiger partial charge on any atom is -0.311 e. The molecule has 6 aromatic rings. The van der Waals surface area contributed by atoms with Gasteiger partial charge in [0.15, 0.2) is 0 Å². The van der Waals surface area contributed by atoms with Crippen molar-refractivity contribution in [1.29, 1.82) is 0 Å². The lowest BCUT2D eigenvalue weighted by atomic mass is 9.97. The minimum atomic E-state index is -1.58. The zero-order valence-electron chi connectivity index (χ0n) is 30.3. The van der Waals surface area contributed by atoms with Crippen molar-refractivity contribution in [2.75, 3.05) is 9.80 Å². The summed E-state index contributed by atoms with van der Waals surface area (Å²) in [7, 11) is 0. The van der Waals surface area contributed by atoms with Crippen molar-refractivity contribution < 1.29 is 8.78 Å². The average molecular weight is 727 g/mol. The van der Waals surface area contributed by atoms with Crippen LogP contribution in [0.3, 0.4) is 0 Å². The molecule has 1 aliphatic rings. The lowest BCUT2D eigenvalue weighted by Crippen LogP contribution is -2.14. The molecular formula is C49H40F2N2S. The molecule has 266 valence electrons. The second kappa shape index (κ2) is 16.2. The predicted octanol–water partition coefficient (Wildman–Crippen LogP) is 14.8. The summed E-state index contributed by atoms with van der Waals surface area (Å²) in [6.07, 6.45) is 9.13. The summed E-state index contributed by atoms with van der Waals surface area (Å²) in [5, 5.41) is 0. The maximum absolute atomic E-state index is 14.9. The highest BCUT2D eigenvalue weighted by Gasteiger charge is 2.23. The number of aryl methyl sites for hydroxylation is 1. The highest BCUT2D eigenvalue weighted by molar-refractivity contribution is 7.17. The van der Waals surface area contributed by atoms with E-state index in [0.717, 1.165) is 60.6 Å². The molecule has 0 fully saturated rings. The summed E-state index contributed by atoms with van der Waals surface area (Å²) >= 11 is 1.52. The van der Waals surface area contributed by atoms with Gasteiger partial charge in [0.2, 0.25) is 0 Å². The fourth-order valence-corrected chi connectivity index (χ4v) is 7.69. The molecule has 5 aromatic carbocycles. The molecule has 7 rings (SSSR count). The van der Waals surface area contributed by atoms with Gasteiger partial charge in [-0.3, -0.25) is 0 Å². The summed E-state index contributed by atoms with van der Waals surface area (Å²) in [6, 6.07) is 47.9. The number of allylic oxidation sites excluding steroid dienone is 9. The van der Waals surface area contributed by atoms with E-state index in [2.05, 4.69) is 127 Å². The number of hydrogen-bond donors (Lipinski definition) is 0. The topological polar surface area (TPSA) is 6.48 Å². The van der Waals surface area contributed by atoms with Gasteiger partial charge in [-0.05, 0) is 122 Å². The van der Waals surface area contributed by atoms with Gasteiger partial charge in [-0.1, -0.05) is 104 Å². The SMILES string of the molecule is C=CC(=CC=CC)N(c1ccccc1)c1ccc(-c2cc(C3=CC(F)C(=C)C(F)=C3)sc2-c2ccc(N(c3ccccc3)c3ccc(C)cc3)cc2)cc1. The van der Waals surface area contributed by atoms with Crippen molar-refractivity contribution in [3.63, 3.8) is 0 Å². The lowest BCUT2D eigenvalue weighted by Gasteiger charge is -2.26. The zero-order chi connectivity index (χ0) is 37.6. The largest absolute Gasteiger partial charge is 0.311 e.